The molecule has 0 aliphatic rings. The van der Waals surface area contributed by atoms with E-state index in [1.54, 1.807) is 4.57 Å². The Morgan fingerprint density at radius 1 is 1.47 bits per heavy atom. The van der Waals surface area contributed by atoms with Gasteiger partial charge >= 0.3 is 5.97 Å². The van der Waals surface area contributed by atoms with E-state index in [0.717, 1.165) is 22.4 Å². The van der Waals surface area contributed by atoms with Gasteiger partial charge in [0.05, 0.1) is 11.0 Å². The first-order chi connectivity index (χ1) is 7.09. The van der Waals surface area contributed by atoms with Crippen LogP contribution in [0.5, 0.6) is 0 Å². The number of nitrogens with zero attached hydrogens (tertiary/aromatic N) is 2. The molecule has 1 aromatic carbocycles. The van der Waals surface area contributed by atoms with Crippen molar-refractivity contribution in [3.63, 3.8) is 0 Å². The van der Waals surface area contributed by atoms with Crippen molar-refractivity contribution in [3.05, 3.63) is 29.6 Å². The molecule has 78 valence electrons. The van der Waals surface area contributed by atoms with Gasteiger partial charge in [-0.3, -0.25) is 4.79 Å². The Kier molecular flexibility index (Phi) is 2.19. The Morgan fingerprint density at radius 3 is 2.87 bits per heavy atom. The number of aliphatic carboxylic acids is 1. The van der Waals surface area contributed by atoms with Crippen LogP contribution in [-0.2, 0) is 11.3 Å². The van der Waals surface area contributed by atoms with Gasteiger partial charge in [0.1, 0.15) is 12.4 Å². The van der Waals surface area contributed by atoms with Gasteiger partial charge in [-0.25, -0.2) is 4.98 Å². The smallest absolute Gasteiger partial charge is 0.323 e. The Balaban J connectivity index is 2.71. The predicted molar refractivity (Wildman–Crippen MR) is 56.8 cm³/mol. The SMILES string of the molecule is Cc1cccc2nc(C)n(CC(=O)O)c12. The first-order valence-electron chi connectivity index (χ1n) is 4.74. The van der Waals surface area contributed by atoms with E-state index in [0.29, 0.717) is 0 Å². The summed E-state index contributed by atoms with van der Waals surface area (Å²) in [6, 6.07) is 5.78. The first kappa shape index (κ1) is 9.71. The van der Waals surface area contributed by atoms with Gasteiger partial charge in [-0.2, -0.15) is 0 Å². The summed E-state index contributed by atoms with van der Waals surface area (Å²) in [5.74, 6) is -0.109. The van der Waals surface area contributed by atoms with Crippen LogP contribution in [0.25, 0.3) is 11.0 Å². The molecule has 0 atom stereocenters. The van der Waals surface area contributed by atoms with E-state index in [9.17, 15) is 4.79 Å². The Labute approximate surface area is 87.2 Å². The molecule has 4 heteroatoms. The van der Waals surface area contributed by atoms with Crippen LogP contribution in [0.4, 0.5) is 0 Å². The summed E-state index contributed by atoms with van der Waals surface area (Å²) in [5.41, 5.74) is 2.82. The second kappa shape index (κ2) is 3.38. The number of benzene rings is 1. The average Bonchev–Trinajstić information content (AvgIpc) is 2.43. The minimum absolute atomic E-state index is 0.0345. The fraction of sp³-hybridized carbons (Fsp3) is 0.273. The van der Waals surface area contributed by atoms with Gasteiger partial charge in [0.2, 0.25) is 0 Å². The number of hydrogen-bond acceptors (Lipinski definition) is 2. The minimum Gasteiger partial charge on any atom is -0.480 e. The molecule has 15 heavy (non-hydrogen) atoms. The van der Waals surface area contributed by atoms with Gasteiger partial charge in [-0.15, -0.1) is 0 Å². The summed E-state index contributed by atoms with van der Waals surface area (Å²) >= 11 is 0. The van der Waals surface area contributed by atoms with Crippen molar-refractivity contribution < 1.29 is 9.90 Å². The molecule has 0 amide bonds. The molecule has 2 aromatic rings. The summed E-state index contributed by atoms with van der Waals surface area (Å²) in [6.45, 7) is 3.75. The molecule has 1 N–H and O–H groups in total. The van der Waals surface area contributed by atoms with Crippen LogP contribution in [0.15, 0.2) is 18.2 Å². The second-order valence-corrected chi connectivity index (χ2v) is 3.58. The molecule has 1 heterocycles. The van der Waals surface area contributed by atoms with E-state index in [-0.39, 0.29) is 6.54 Å². The van der Waals surface area contributed by atoms with E-state index in [4.69, 9.17) is 5.11 Å². The predicted octanol–water partition coefficient (Wildman–Crippen LogP) is 1.74. The molecule has 0 aliphatic carbocycles. The van der Waals surface area contributed by atoms with Gasteiger partial charge < -0.3 is 9.67 Å². The lowest BCUT2D eigenvalue weighted by molar-refractivity contribution is -0.137. The number of fused-ring (bicyclic) bond motifs is 1. The Morgan fingerprint density at radius 2 is 2.20 bits per heavy atom. The molecule has 2 rings (SSSR count). The number of rotatable bonds is 2. The van der Waals surface area contributed by atoms with Crippen molar-refractivity contribution in [2.75, 3.05) is 0 Å². The van der Waals surface area contributed by atoms with Gasteiger partial charge in [0.25, 0.3) is 0 Å². The largest absolute Gasteiger partial charge is 0.480 e. The number of para-hydroxylation sites is 1. The molecule has 1 aromatic heterocycles. The van der Waals surface area contributed by atoms with Crippen LogP contribution in [0, 0.1) is 13.8 Å². The van der Waals surface area contributed by atoms with Crippen LogP contribution in [0.2, 0.25) is 0 Å². The minimum atomic E-state index is -0.847. The van der Waals surface area contributed by atoms with Crippen molar-refractivity contribution in [2.45, 2.75) is 20.4 Å². The Bertz CT molecular complexity index is 529. The van der Waals surface area contributed by atoms with Crippen molar-refractivity contribution in [3.8, 4) is 0 Å². The van der Waals surface area contributed by atoms with Crippen LogP contribution < -0.4 is 0 Å². The second-order valence-electron chi connectivity index (χ2n) is 3.58. The first-order valence-corrected chi connectivity index (χ1v) is 4.74. The molecule has 0 spiro atoms. The molecule has 0 unspecified atom stereocenters. The van der Waals surface area contributed by atoms with Gasteiger partial charge in [0.15, 0.2) is 0 Å². The number of carboxylic acid groups (broad SMARTS) is 1. The molecular weight excluding hydrogens is 192 g/mol. The quantitative estimate of drug-likeness (QED) is 0.810. The zero-order valence-electron chi connectivity index (χ0n) is 8.69. The normalized spacial score (nSPS) is 10.8. The average molecular weight is 204 g/mol. The number of aromatic nitrogens is 2. The van der Waals surface area contributed by atoms with Crippen LogP contribution in [-0.4, -0.2) is 20.6 Å². The fourth-order valence-electron chi connectivity index (χ4n) is 1.81. The number of aryl methyl sites for hydroxylation is 2. The third kappa shape index (κ3) is 1.58. The lowest BCUT2D eigenvalue weighted by atomic mass is 10.2. The number of hydrogen-bond donors (Lipinski definition) is 1. The number of carbonyl (C=O) groups is 1. The van der Waals surface area contributed by atoms with Crippen LogP contribution in [0.3, 0.4) is 0 Å². The van der Waals surface area contributed by atoms with E-state index in [2.05, 4.69) is 4.98 Å². The van der Waals surface area contributed by atoms with Crippen LogP contribution in [0.1, 0.15) is 11.4 Å². The Hall–Kier alpha value is -1.84. The van der Waals surface area contributed by atoms with Crippen molar-refractivity contribution in [2.24, 2.45) is 0 Å². The van der Waals surface area contributed by atoms with E-state index in [1.165, 1.54) is 0 Å². The third-order valence-electron chi connectivity index (χ3n) is 2.45. The van der Waals surface area contributed by atoms with Crippen molar-refractivity contribution in [1.29, 1.82) is 0 Å². The highest BCUT2D eigenvalue weighted by atomic mass is 16.4. The standard InChI is InChI=1S/C11H12N2O2/c1-7-4-3-5-9-11(7)13(6-10(14)15)8(2)12-9/h3-5H,6H2,1-2H3,(H,14,15). The summed E-state index contributed by atoms with van der Waals surface area (Å²) in [6.07, 6.45) is 0. The van der Waals surface area contributed by atoms with Gasteiger partial charge in [-0.05, 0) is 25.5 Å². The third-order valence-corrected chi connectivity index (χ3v) is 2.45. The monoisotopic (exact) mass is 204 g/mol. The highest BCUT2D eigenvalue weighted by molar-refractivity contribution is 5.81. The topological polar surface area (TPSA) is 55.1 Å². The fourth-order valence-corrected chi connectivity index (χ4v) is 1.81. The van der Waals surface area contributed by atoms with Crippen molar-refractivity contribution in [1.82, 2.24) is 9.55 Å². The highest BCUT2D eigenvalue weighted by Gasteiger charge is 2.11. The number of carboxylic acids is 1. The summed E-state index contributed by atoms with van der Waals surface area (Å²) in [4.78, 5) is 15.1. The molecule has 0 saturated carbocycles. The highest BCUT2D eigenvalue weighted by Crippen LogP contribution is 2.19. The zero-order valence-corrected chi connectivity index (χ0v) is 8.69. The maximum Gasteiger partial charge on any atom is 0.323 e. The summed E-state index contributed by atoms with van der Waals surface area (Å²) in [5, 5.41) is 8.81. The van der Waals surface area contributed by atoms with E-state index < -0.39 is 5.97 Å². The lowest BCUT2D eigenvalue weighted by Crippen LogP contribution is -2.10. The maximum absolute atomic E-state index is 10.7. The van der Waals surface area contributed by atoms with Gasteiger partial charge in [-0.1, -0.05) is 12.1 Å². The summed E-state index contributed by atoms with van der Waals surface area (Å²) < 4.78 is 1.73. The van der Waals surface area contributed by atoms with Crippen LogP contribution >= 0.6 is 0 Å². The molecule has 0 fully saturated rings. The molecule has 0 saturated heterocycles. The lowest BCUT2D eigenvalue weighted by Gasteiger charge is -2.04. The molecule has 0 aliphatic heterocycles. The summed E-state index contributed by atoms with van der Waals surface area (Å²) in [7, 11) is 0. The van der Waals surface area contributed by atoms with E-state index >= 15 is 0 Å². The van der Waals surface area contributed by atoms with Crippen molar-refractivity contribution >= 4 is 17.0 Å². The van der Waals surface area contributed by atoms with Gasteiger partial charge in [0, 0.05) is 0 Å². The number of imidazole rings is 1. The van der Waals surface area contributed by atoms with E-state index in [1.807, 2.05) is 32.0 Å². The molecular formula is C11H12N2O2. The molecule has 4 nitrogen and oxygen atoms in total. The maximum atomic E-state index is 10.7. The molecule has 0 radical (unpaired) electrons. The molecule has 0 bridgehead atoms. The zero-order chi connectivity index (χ0) is 11.0.